The number of carbonyl (C=O) groups is 1. The summed E-state index contributed by atoms with van der Waals surface area (Å²) in [5, 5.41) is 12.8. The van der Waals surface area contributed by atoms with Gasteiger partial charge in [0.05, 0.1) is 10.9 Å². The van der Waals surface area contributed by atoms with Crippen molar-refractivity contribution in [3.8, 4) is 5.69 Å². The van der Waals surface area contributed by atoms with Crippen molar-refractivity contribution >= 4 is 35.2 Å². The Morgan fingerprint density at radius 2 is 2.12 bits per heavy atom. The van der Waals surface area contributed by atoms with Gasteiger partial charge in [0.15, 0.2) is 5.16 Å². The maximum absolute atomic E-state index is 12.3. The normalized spacial score (nSPS) is 15.3. The second kappa shape index (κ2) is 8.77. The molecule has 1 aromatic heterocycles. The summed E-state index contributed by atoms with van der Waals surface area (Å²) in [6, 6.07) is 7.65. The summed E-state index contributed by atoms with van der Waals surface area (Å²) in [4.78, 5) is 14.5. The van der Waals surface area contributed by atoms with E-state index >= 15 is 0 Å². The standard InChI is InChI=1S/C18H24ClN5OS/c1-3-9-20-16(25)13(2)26-18-22-21-17(23-10-4-5-11-23)24(18)15-8-6-7-14(19)12-15/h6-8,12-13H,3-5,9-11H2,1-2H3,(H,20,25). The molecule has 0 spiro atoms. The van der Waals surface area contributed by atoms with Crippen molar-refractivity contribution in [2.24, 2.45) is 0 Å². The Labute approximate surface area is 163 Å². The third-order valence-corrected chi connectivity index (χ3v) is 5.55. The van der Waals surface area contributed by atoms with Crippen LogP contribution >= 0.6 is 23.4 Å². The van der Waals surface area contributed by atoms with Crippen LogP contribution in [-0.4, -0.2) is 45.6 Å². The van der Waals surface area contributed by atoms with Gasteiger partial charge < -0.3 is 10.2 Å². The summed E-state index contributed by atoms with van der Waals surface area (Å²) in [6.45, 7) is 6.55. The van der Waals surface area contributed by atoms with Crippen LogP contribution in [0.15, 0.2) is 29.4 Å². The second-order valence-corrected chi connectivity index (χ2v) is 8.09. The maximum Gasteiger partial charge on any atom is 0.233 e. The SMILES string of the molecule is CCCNC(=O)C(C)Sc1nnc(N2CCCC2)n1-c1cccc(Cl)c1. The van der Waals surface area contributed by atoms with E-state index in [0.29, 0.717) is 16.7 Å². The van der Waals surface area contributed by atoms with Crippen LogP contribution < -0.4 is 10.2 Å². The number of anilines is 1. The first-order valence-electron chi connectivity index (χ1n) is 9.01. The number of amides is 1. The molecular weight excluding hydrogens is 370 g/mol. The van der Waals surface area contributed by atoms with E-state index in [1.54, 1.807) is 0 Å². The Bertz CT molecular complexity index is 760. The third-order valence-electron chi connectivity index (χ3n) is 4.27. The van der Waals surface area contributed by atoms with Crippen molar-refractivity contribution in [2.75, 3.05) is 24.5 Å². The molecule has 1 atom stereocenters. The lowest BCUT2D eigenvalue weighted by Gasteiger charge is -2.19. The van der Waals surface area contributed by atoms with E-state index in [1.165, 1.54) is 11.8 Å². The van der Waals surface area contributed by atoms with Crippen LogP contribution in [-0.2, 0) is 4.79 Å². The molecule has 0 aliphatic carbocycles. The van der Waals surface area contributed by atoms with Gasteiger partial charge >= 0.3 is 0 Å². The number of halogens is 1. The quantitative estimate of drug-likeness (QED) is 0.729. The Balaban J connectivity index is 1.91. The molecule has 1 unspecified atom stereocenters. The van der Waals surface area contributed by atoms with Gasteiger partial charge in [-0.25, -0.2) is 0 Å². The van der Waals surface area contributed by atoms with E-state index in [1.807, 2.05) is 42.7 Å². The molecule has 2 aromatic rings. The van der Waals surface area contributed by atoms with Crippen LogP contribution in [0.1, 0.15) is 33.1 Å². The second-order valence-electron chi connectivity index (χ2n) is 6.34. The molecule has 6 nitrogen and oxygen atoms in total. The van der Waals surface area contributed by atoms with Crippen molar-refractivity contribution in [3.05, 3.63) is 29.3 Å². The van der Waals surface area contributed by atoms with Gasteiger partial charge in [-0.2, -0.15) is 0 Å². The summed E-state index contributed by atoms with van der Waals surface area (Å²) in [5.41, 5.74) is 0.910. The van der Waals surface area contributed by atoms with Crippen LogP contribution in [0.2, 0.25) is 5.02 Å². The van der Waals surface area contributed by atoms with Gasteiger partial charge in [-0.05, 0) is 44.4 Å². The van der Waals surface area contributed by atoms with Crippen LogP contribution in [0.3, 0.4) is 0 Å². The molecule has 1 saturated heterocycles. The minimum atomic E-state index is -0.255. The Kier molecular flexibility index (Phi) is 6.43. The highest BCUT2D eigenvalue weighted by Crippen LogP contribution is 2.31. The van der Waals surface area contributed by atoms with Gasteiger partial charge in [-0.15, -0.1) is 10.2 Å². The number of hydrogen-bond acceptors (Lipinski definition) is 5. The first-order chi connectivity index (χ1) is 12.6. The summed E-state index contributed by atoms with van der Waals surface area (Å²) in [7, 11) is 0. The molecule has 0 radical (unpaired) electrons. The number of carbonyl (C=O) groups excluding carboxylic acids is 1. The minimum Gasteiger partial charge on any atom is -0.355 e. The summed E-state index contributed by atoms with van der Waals surface area (Å²) in [5.74, 6) is 0.827. The fourth-order valence-electron chi connectivity index (χ4n) is 2.91. The average Bonchev–Trinajstić information content (AvgIpc) is 3.29. The zero-order valence-electron chi connectivity index (χ0n) is 15.1. The Morgan fingerprint density at radius 3 is 2.81 bits per heavy atom. The maximum atomic E-state index is 12.3. The zero-order valence-corrected chi connectivity index (χ0v) is 16.7. The van der Waals surface area contributed by atoms with Crippen molar-refractivity contribution in [3.63, 3.8) is 0 Å². The lowest BCUT2D eigenvalue weighted by molar-refractivity contribution is -0.120. The topological polar surface area (TPSA) is 63.1 Å². The monoisotopic (exact) mass is 393 g/mol. The molecule has 0 bridgehead atoms. The number of aromatic nitrogens is 3. The summed E-state index contributed by atoms with van der Waals surface area (Å²) >= 11 is 7.62. The van der Waals surface area contributed by atoms with E-state index in [4.69, 9.17) is 11.6 Å². The van der Waals surface area contributed by atoms with E-state index in [9.17, 15) is 4.79 Å². The fourth-order valence-corrected chi connectivity index (χ4v) is 3.98. The van der Waals surface area contributed by atoms with Gasteiger partial charge in [-0.3, -0.25) is 9.36 Å². The van der Waals surface area contributed by atoms with Crippen molar-refractivity contribution in [2.45, 2.75) is 43.5 Å². The highest BCUT2D eigenvalue weighted by Gasteiger charge is 2.25. The first kappa shape index (κ1) is 19.0. The lowest BCUT2D eigenvalue weighted by Crippen LogP contribution is -2.31. The molecule has 2 heterocycles. The molecule has 3 rings (SSSR count). The van der Waals surface area contributed by atoms with Gasteiger partial charge in [0.1, 0.15) is 0 Å². The number of nitrogens with zero attached hydrogens (tertiary/aromatic N) is 4. The molecule has 1 fully saturated rings. The molecule has 1 aliphatic rings. The van der Waals surface area contributed by atoms with Gasteiger partial charge in [0.2, 0.25) is 11.9 Å². The summed E-state index contributed by atoms with van der Waals surface area (Å²) in [6.07, 6.45) is 3.22. The number of hydrogen-bond donors (Lipinski definition) is 1. The number of nitrogens with one attached hydrogen (secondary N) is 1. The van der Waals surface area contributed by atoms with Crippen molar-refractivity contribution in [1.29, 1.82) is 0 Å². The van der Waals surface area contributed by atoms with Crippen molar-refractivity contribution in [1.82, 2.24) is 20.1 Å². The van der Waals surface area contributed by atoms with Crippen LogP contribution in [0, 0.1) is 0 Å². The molecule has 140 valence electrons. The predicted octanol–water partition coefficient (Wildman–Crippen LogP) is 3.53. The zero-order chi connectivity index (χ0) is 18.5. The highest BCUT2D eigenvalue weighted by molar-refractivity contribution is 8.00. The molecule has 26 heavy (non-hydrogen) atoms. The Morgan fingerprint density at radius 1 is 1.35 bits per heavy atom. The van der Waals surface area contributed by atoms with Crippen LogP contribution in [0.4, 0.5) is 5.95 Å². The largest absolute Gasteiger partial charge is 0.355 e. The van der Waals surface area contributed by atoms with Crippen LogP contribution in [0.25, 0.3) is 5.69 Å². The van der Waals surface area contributed by atoms with Gasteiger partial charge in [0, 0.05) is 24.7 Å². The van der Waals surface area contributed by atoms with Crippen molar-refractivity contribution < 1.29 is 4.79 Å². The molecular formula is C18H24ClN5OS. The highest BCUT2D eigenvalue weighted by atomic mass is 35.5. The number of benzene rings is 1. The van der Waals surface area contributed by atoms with Crippen LogP contribution in [0.5, 0.6) is 0 Å². The molecule has 1 amide bonds. The first-order valence-corrected chi connectivity index (χ1v) is 10.3. The van der Waals surface area contributed by atoms with E-state index in [0.717, 1.165) is 44.0 Å². The van der Waals surface area contributed by atoms with E-state index in [-0.39, 0.29) is 11.2 Å². The Hall–Kier alpha value is -1.73. The lowest BCUT2D eigenvalue weighted by atomic mass is 10.3. The molecule has 1 N–H and O–H groups in total. The van der Waals surface area contributed by atoms with E-state index < -0.39 is 0 Å². The molecule has 1 aliphatic heterocycles. The number of rotatable bonds is 7. The fraction of sp³-hybridized carbons (Fsp3) is 0.500. The summed E-state index contributed by atoms with van der Waals surface area (Å²) < 4.78 is 2.01. The van der Waals surface area contributed by atoms with E-state index in [2.05, 4.69) is 20.4 Å². The van der Waals surface area contributed by atoms with Gasteiger partial charge in [-0.1, -0.05) is 36.4 Å². The molecule has 1 aromatic carbocycles. The molecule has 0 saturated carbocycles. The minimum absolute atomic E-state index is 0.0141. The third kappa shape index (κ3) is 4.32. The smallest absolute Gasteiger partial charge is 0.233 e. The van der Waals surface area contributed by atoms with Gasteiger partial charge in [0.25, 0.3) is 0 Å². The predicted molar refractivity (Wildman–Crippen MR) is 106 cm³/mol. The molecule has 8 heteroatoms. The average molecular weight is 394 g/mol. The number of thioether (sulfide) groups is 1.